The second kappa shape index (κ2) is 8.11. The molecule has 1 aliphatic rings. The van der Waals surface area contributed by atoms with E-state index in [2.05, 4.69) is 28.8 Å². The Morgan fingerprint density at radius 2 is 1.78 bits per heavy atom. The molecule has 0 spiro atoms. The summed E-state index contributed by atoms with van der Waals surface area (Å²) in [5.41, 5.74) is 1.48. The molecule has 2 atom stereocenters. The lowest BCUT2D eigenvalue weighted by Gasteiger charge is -2.34. The summed E-state index contributed by atoms with van der Waals surface area (Å²) in [7, 11) is 1.36. The lowest BCUT2D eigenvalue weighted by molar-refractivity contribution is -0.123. The topological polar surface area (TPSA) is 58.6 Å². The Morgan fingerprint density at radius 3 is 2.35 bits per heavy atom. The van der Waals surface area contributed by atoms with Crippen LogP contribution in [0.15, 0.2) is 24.3 Å². The minimum absolute atomic E-state index is 0.0448. The lowest BCUT2D eigenvalue weighted by Crippen LogP contribution is -2.44. The summed E-state index contributed by atoms with van der Waals surface area (Å²) < 4.78 is 4.66. The maximum atomic E-state index is 12.1. The van der Waals surface area contributed by atoms with E-state index in [-0.39, 0.29) is 11.9 Å². The first-order chi connectivity index (χ1) is 11.0. The predicted octanol–water partition coefficient (Wildman–Crippen LogP) is 2.07. The average molecular weight is 318 g/mol. The van der Waals surface area contributed by atoms with Crippen molar-refractivity contribution in [1.82, 2.24) is 10.2 Å². The molecule has 0 saturated carbocycles. The molecule has 126 valence electrons. The molecular formula is C18H26N2O3. The molecule has 0 aliphatic carbocycles. The zero-order valence-electron chi connectivity index (χ0n) is 14.2. The summed E-state index contributed by atoms with van der Waals surface area (Å²) >= 11 is 0. The van der Waals surface area contributed by atoms with Gasteiger partial charge in [0.1, 0.15) is 0 Å². The molecule has 1 amide bonds. The van der Waals surface area contributed by atoms with Crippen LogP contribution in [-0.4, -0.2) is 43.5 Å². The summed E-state index contributed by atoms with van der Waals surface area (Å²) in [6, 6.07) is 7.08. The Bertz CT molecular complexity index is 532. The van der Waals surface area contributed by atoms with E-state index in [4.69, 9.17) is 0 Å². The van der Waals surface area contributed by atoms with Crippen molar-refractivity contribution in [2.75, 3.05) is 26.7 Å². The van der Waals surface area contributed by atoms with Crippen LogP contribution in [0.2, 0.25) is 0 Å². The molecule has 0 unspecified atom stereocenters. The first kappa shape index (κ1) is 17.5. The summed E-state index contributed by atoms with van der Waals surface area (Å²) in [6.07, 6.45) is 1.24. The molecule has 1 aliphatic heterocycles. The van der Waals surface area contributed by atoms with Crippen molar-refractivity contribution >= 4 is 11.9 Å². The van der Waals surface area contributed by atoms with E-state index in [9.17, 15) is 9.59 Å². The third kappa shape index (κ3) is 5.36. The zero-order chi connectivity index (χ0) is 16.8. The Hall–Kier alpha value is -1.88. The van der Waals surface area contributed by atoms with Crippen molar-refractivity contribution in [2.24, 2.45) is 11.8 Å². The number of nitrogens with one attached hydrogen (secondary N) is 1. The van der Waals surface area contributed by atoms with Crippen molar-refractivity contribution in [3.8, 4) is 0 Å². The van der Waals surface area contributed by atoms with Gasteiger partial charge in [-0.05, 0) is 36.0 Å². The number of piperidine rings is 1. The van der Waals surface area contributed by atoms with E-state index in [0.717, 1.165) is 18.7 Å². The molecule has 0 aromatic heterocycles. The number of carbonyl (C=O) groups is 2. The highest BCUT2D eigenvalue weighted by Gasteiger charge is 2.23. The first-order valence-corrected chi connectivity index (χ1v) is 8.14. The van der Waals surface area contributed by atoms with E-state index >= 15 is 0 Å². The van der Waals surface area contributed by atoms with Crippen molar-refractivity contribution in [3.05, 3.63) is 35.4 Å². The molecule has 1 saturated heterocycles. The number of carbonyl (C=O) groups excluding carboxylic acids is 2. The fourth-order valence-corrected chi connectivity index (χ4v) is 3.26. The van der Waals surface area contributed by atoms with Crippen molar-refractivity contribution in [1.29, 1.82) is 0 Å². The average Bonchev–Trinajstić information content (AvgIpc) is 2.51. The monoisotopic (exact) mass is 318 g/mol. The van der Waals surface area contributed by atoms with Gasteiger partial charge in [-0.15, -0.1) is 0 Å². The minimum Gasteiger partial charge on any atom is -0.465 e. The molecular weight excluding hydrogens is 292 g/mol. The van der Waals surface area contributed by atoms with Crippen LogP contribution in [0.25, 0.3) is 0 Å². The molecule has 2 rings (SSSR count). The highest BCUT2D eigenvalue weighted by atomic mass is 16.5. The Balaban J connectivity index is 1.79. The van der Waals surface area contributed by atoms with Crippen LogP contribution in [0.3, 0.4) is 0 Å². The molecule has 1 N–H and O–H groups in total. The molecule has 0 bridgehead atoms. The molecule has 5 nitrogen and oxygen atoms in total. The predicted molar refractivity (Wildman–Crippen MR) is 89.0 cm³/mol. The van der Waals surface area contributed by atoms with E-state index < -0.39 is 0 Å². The van der Waals surface area contributed by atoms with Crippen LogP contribution in [0.1, 0.15) is 36.2 Å². The Labute approximate surface area is 138 Å². The fraction of sp³-hybridized carbons (Fsp3) is 0.556. The summed E-state index contributed by atoms with van der Waals surface area (Å²) in [5.74, 6) is 0.993. The number of likely N-dealkylation sites (tertiary alicyclic amines) is 1. The van der Waals surface area contributed by atoms with Gasteiger partial charge in [-0.25, -0.2) is 4.79 Å². The van der Waals surface area contributed by atoms with Gasteiger partial charge in [0.2, 0.25) is 5.91 Å². The van der Waals surface area contributed by atoms with E-state index in [1.807, 2.05) is 12.1 Å². The first-order valence-electron chi connectivity index (χ1n) is 8.14. The number of amides is 1. The Kier molecular flexibility index (Phi) is 6.16. The smallest absolute Gasteiger partial charge is 0.337 e. The van der Waals surface area contributed by atoms with E-state index in [1.54, 1.807) is 12.1 Å². The van der Waals surface area contributed by atoms with Gasteiger partial charge in [0.25, 0.3) is 0 Å². The lowest BCUT2D eigenvalue weighted by atomic mass is 9.92. The van der Waals surface area contributed by atoms with Crippen LogP contribution in [0, 0.1) is 11.8 Å². The number of rotatable bonds is 5. The van der Waals surface area contributed by atoms with Crippen molar-refractivity contribution in [2.45, 2.75) is 26.8 Å². The number of hydrogen-bond donors (Lipinski definition) is 1. The van der Waals surface area contributed by atoms with Gasteiger partial charge < -0.3 is 10.1 Å². The van der Waals surface area contributed by atoms with Crippen molar-refractivity contribution in [3.63, 3.8) is 0 Å². The van der Waals surface area contributed by atoms with Crippen LogP contribution in [0.5, 0.6) is 0 Å². The SMILES string of the molecule is COC(=O)c1ccc(CNC(=O)CN2C[C@H](C)C[C@@H](C)C2)cc1. The quantitative estimate of drug-likeness (QED) is 0.844. The Morgan fingerprint density at radius 1 is 1.17 bits per heavy atom. The number of ether oxygens (including phenoxy) is 1. The maximum absolute atomic E-state index is 12.1. The number of methoxy groups -OCH3 is 1. The van der Waals surface area contributed by atoms with Gasteiger partial charge in [0.15, 0.2) is 0 Å². The number of benzene rings is 1. The van der Waals surface area contributed by atoms with Crippen molar-refractivity contribution < 1.29 is 14.3 Å². The highest BCUT2D eigenvalue weighted by molar-refractivity contribution is 5.89. The van der Waals surface area contributed by atoms with E-state index in [0.29, 0.717) is 30.5 Å². The van der Waals surface area contributed by atoms with Crippen LogP contribution < -0.4 is 5.32 Å². The maximum Gasteiger partial charge on any atom is 0.337 e. The van der Waals surface area contributed by atoms with Gasteiger partial charge in [0, 0.05) is 19.6 Å². The zero-order valence-corrected chi connectivity index (χ0v) is 14.2. The number of hydrogen-bond acceptors (Lipinski definition) is 4. The summed E-state index contributed by atoms with van der Waals surface area (Å²) in [4.78, 5) is 25.7. The third-order valence-corrected chi connectivity index (χ3v) is 4.18. The number of nitrogens with zero attached hydrogens (tertiary/aromatic N) is 1. The van der Waals surface area contributed by atoms with Gasteiger partial charge in [-0.3, -0.25) is 9.69 Å². The molecule has 0 radical (unpaired) electrons. The standard InChI is InChI=1S/C18H26N2O3/c1-13-8-14(2)11-20(10-13)12-17(21)19-9-15-4-6-16(7-5-15)18(22)23-3/h4-7,13-14H,8-12H2,1-3H3,(H,19,21)/t13-,14-/m1/s1. The van der Waals surface area contributed by atoms with Crippen LogP contribution in [0.4, 0.5) is 0 Å². The number of esters is 1. The highest BCUT2D eigenvalue weighted by Crippen LogP contribution is 2.20. The second-order valence-electron chi connectivity index (χ2n) is 6.61. The fourth-order valence-electron chi connectivity index (χ4n) is 3.26. The van der Waals surface area contributed by atoms with Crippen LogP contribution >= 0.6 is 0 Å². The molecule has 1 fully saturated rings. The molecule has 1 heterocycles. The minimum atomic E-state index is -0.353. The normalized spacial score (nSPS) is 21.7. The molecule has 1 aromatic rings. The van der Waals surface area contributed by atoms with E-state index in [1.165, 1.54) is 13.5 Å². The summed E-state index contributed by atoms with van der Waals surface area (Å²) in [6.45, 7) is 7.39. The van der Waals surface area contributed by atoms with Crippen LogP contribution in [-0.2, 0) is 16.1 Å². The summed E-state index contributed by atoms with van der Waals surface area (Å²) in [5, 5.41) is 2.94. The molecule has 1 aromatic carbocycles. The molecule has 23 heavy (non-hydrogen) atoms. The van der Waals surface area contributed by atoms with Gasteiger partial charge >= 0.3 is 5.97 Å². The van der Waals surface area contributed by atoms with Gasteiger partial charge in [-0.1, -0.05) is 26.0 Å². The van der Waals surface area contributed by atoms with Gasteiger partial charge in [-0.2, -0.15) is 0 Å². The van der Waals surface area contributed by atoms with Gasteiger partial charge in [0.05, 0.1) is 19.2 Å². The second-order valence-corrected chi connectivity index (χ2v) is 6.61. The molecule has 5 heteroatoms. The largest absolute Gasteiger partial charge is 0.465 e. The third-order valence-electron chi connectivity index (χ3n) is 4.18.